The third kappa shape index (κ3) is 3.64. The van der Waals surface area contributed by atoms with Crippen molar-refractivity contribution in [1.82, 2.24) is 0 Å². The summed E-state index contributed by atoms with van der Waals surface area (Å²) in [6.07, 6.45) is 1.03. The molecule has 0 radical (unpaired) electrons. The Morgan fingerprint density at radius 3 is 2.00 bits per heavy atom. The molecular weight excluding hydrogens is 220 g/mol. The summed E-state index contributed by atoms with van der Waals surface area (Å²) in [5, 5.41) is 0. The Hall–Kier alpha value is 1.07. The van der Waals surface area contributed by atoms with Crippen molar-refractivity contribution in [1.29, 1.82) is 0 Å². The van der Waals surface area contributed by atoms with Crippen molar-refractivity contribution in [2.45, 2.75) is 20.3 Å². The molecule has 0 unspecified atom stereocenters. The van der Waals surface area contributed by atoms with Gasteiger partial charge < -0.3 is 0 Å². The van der Waals surface area contributed by atoms with E-state index in [1.165, 1.54) is 4.11 Å². The van der Waals surface area contributed by atoms with E-state index in [-0.39, 0.29) is 0 Å². The Morgan fingerprint density at radius 1 is 1.57 bits per heavy atom. The first-order valence-electron chi connectivity index (χ1n) is 2.00. The van der Waals surface area contributed by atoms with Gasteiger partial charge in [-0.1, -0.05) is 0 Å². The SMILES string of the molecule is CC[C](C)=[Ru]([Cl])[Cl]. The zero-order valence-corrected chi connectivity index (χ0v) is 7.57. The van der Waals surface area contributed by atoms with E-state index in [0.717, 1.165) is 6.42 Å². The predicted molar refractivity (Wildman–Crippen MR) is 32.7 cm³/mol. The molecule has 0 aliphatic rings. The van der Waals surface area contributed by atoms with Crippen LogP contribution in [-0.4, -0.2) is 4.11 Å². The Labute approximate surface area is 57.3 Å². The van der Waals surface area contributed by atoms with Crippen LogP contribution in [0.4, 0.5) is 0 Å². The molecule has 0 aromatic heterocycles. The van der Waals surface area contributed by atoms with Gasteiger partial charge in [-0.05, 0) is 0 Å². The number of rotatable bonds is 1. The van der Waals surface area contributed by atoms with Gasteiger partial charge in [-0.15, -0.1) is 0 Å². The Balaban J connectivity index is 3.72. The third-order valence-corrected chi connectivity index (χ3v) is 5.14. The van der Waals surface area contributed by atoms with Crippen LogP contribution in [0.3, 0.4) is 0 Å². The van der Waals surface area contributed by atoms with Crippen molar-refractivity contribution < 1.29 is 13.5 Å². The first kappa shape index (κ1) is 8.07. The topological polar surface area (TPSA) is 0 Å². The first-order valence-corrected chi connectivity index (χ1v) is 7.35. The quantitative estimate of drug-likeness (QED) is 0.605. The van der Waals surface area contributed by atoms with Crippen LogP contribution in [-0.2, 0) is 13.5 Å². The molecular formula is C4H8Cl2Ru. The standard InChI is InChI=1S/C4H8.2ClH.Ru/c1-3-4-2;;;/h3H2,1-2H3;2*1H;/q;;;+2/p-2. The van der Waals surface area contributed by atoms with Crippen LogP contribution in [0.5, 0.6) is 0 Å². The van der Waals surface area contributed by atoms with E-state index < -0.39 is 13.5 Å². The van der Waals surface area contributed by atoms with Crippen LogP contribution in [0.1, 0.15) is 20.3 Å². The van der Waals surface area contributed by atoms with Crippen LogP contribution >= 0.6 is 19.4 Å². The van der Waals surface area contributed by atoms with Gasteiger partial charge in [0.1, 0.15) is 0 Å². The molecule has 0 rings (SSSR count). The molecule has 0 aromatic rings. The average molecular weight is 228 g/mol. The molecule has 0 fully saturated rings. The predicted octanol–water partition coefficient (Wildman–Crippen LogP) is 2.51. The molecule has 0 saturated heterocycles. The monoisotopic (exact) mass is 228 g/mol. The molecule has 0 N–H and O–H groups in total. The zero-order chi connectivity index (χ0) is 5.86. The van der Waals surface area contributed by atoms with E-state index in [2.05, 4.69) is 6.92 Å². The van der Waals surface area contributed by atoms with Crippen LogP contribution < -0.4 is 0 Å². The summed E-state index contributed by atoms with van der Waals surface area (Å²) >= 11 is -1.44. The molecule has 0 aromatic carbocycles. The van der Waals surface area contributed by atoms with Crippen molar-refractivity contribution in [3.05, 3.63) is 0 Å². The van der Waals surface area contributed by atoms with Gasteiger partial charge >= 0.3 is 57.3 Å². The van der Waals surface area contributed by atoms with Crippen LogP contribution in [0.2, 0.25) is 0 Å². The molecule has 0 heterocycles. The van der Waals surface area contributed by atoms with E-state index in [9.17, 15) is 0 Å². The Kier molecular flexibility index (Phi) is 4.62. The number of hydrogen-bond donors (Lipinski definition) is 0. The molecule has 0 saturated carbocycles. The van der Waals surface area contributed by atoms with Crippen molar-refractivity contribution in [2.75, 3.05) is 0 Å². The average Bonchev–Trinajstić information content (AvgIpc) is 1.65. The second-order valence-corrected chi connectivity index (χ2v) is 7.55. The van der Waals surface area contributed by atoms with Gasteiger partial charge in [0.2, 0.25) is 0 Å². The first-order chi connectivity index (χ1) is 3.18. The normalized spacial score (nSPS) is 11.1. The van der Waals surface area contributed by atoms with Gasteiger partial charge in [0.25, 0.3) is 0 Å². The van der Waals surface area contributed by atoms with E-state index in [1.54, 1.807) is 0 Å². The van der Waals surface area contributed by atoms with Gasteiger partial charge in [0, 0.05) is 0 Å². The van der Waals surface area contributed by atoms with Gasteiger partial charge in [-0.25, -0.2) is 0 Å². The van der Waals surface area contributed by atoms with Crippen molar-refractivity contribution in [2.24, 2.45) is 0 Å². The summed E-state index contributed by atoms with van der Waals surface area (Å²) in [7, 11) is 11.2. The van der Waals surface area contributed by atoms with Gasteiger partial charge in [-0.2, -0.15) is 0 Å². The van der Waals surface area contributed by atoms with Gasteiger partial charge in [0.05, 0.1) is 0 Å². The number of halogens is 2. The molecule has 0 aliphatic heterocycles. The maximum absolute atomic E-state index is 5.60. The second-order valence-electron chi connectivity index (χ2n) is 1.19. The summed E-state index contributed by atoms with van der Waals surface area (Å²) in [5.41, 5.74) is 0. The summed E-state index contributed by atoms with van der Waals surface area (Å²) in [5.74, 6) is 0. The molecule has 0 amide bonds. The molecule has 46 valence electrons. The van der Waals surface area contributed by atoms with Gasteiger partial charge in [0.15, 0.2) is 0 Å². The van der Waals surface area contributed by atoms with E-state index >= 15 is 0 Å². The minimum atomic E-state index is -1.44. The zero-order valence-electron chi connectivity index (χ0n) is 4.32. The van der Waals surface area contributed by atoms with Crippen molar-refractivity contribution >= 4 is 23.5 Å². The van der Waals surface area contributed by atoms with E-state index in [4.69, 9.17) is 19.4 Å². The Morgan fingerprint density at radius 2 is 2.00 bits per heavy atom. The van der Waals surface area contributed by atoms with Crippen molar-refractivity contribution in [3.8, 4) is 0 Å². The molecule has 0 spiro atoms. The molecule has 7 heavy (non-hydrogen) atoms. The second kappa shape index (κ2) is 4.00. The summed E-state index contributed by atoms with van der Waals surface area (Å²) in [4.78, 5) is 0. The fraction of sp³-hybridized carbons (Fsp3) is 0.750. The summed E-state index contributed by atoms with van der Waals surface area (Å²) < 4.78 is 1.27. The van der Waals surface area contributed by atoms with Gasteiger partial charge in [-0.3, -0.25) is 0 Å². The molecule has 0 atom stereocenters. The maximum atomic E-state index is 5.60. The van der Waals surface area contributed by atoms with E-state index in [0.29, 0.717) is 0 Å². The molecule has 3 heteroatoms. The van der Waals surface area contributed by atoms with Crippen molar-refractivity contribution in [3.63, 3.8) is 0 Å². The summed E-state index contributed by atoms with van der Waals surface area (Å²) in [6, 6.07) is 0. The van der Waals surface area contributed by atoms with Crippen LogP contribution in [0.15, 0.2) is 0 Å². The number of hydrogen-bond acceptors (Lipinski definition) is 0. The van der Waals surface area contributed by atoms with Crippen LogP contribution in [0, 0.1) is 0 Å². The fourth-order valence-electron chi connectivity index (χ4n) is 0.0945. The molecule has 0 bridgehead atoms. The third-order valence-electron chi connectivity index (χ3n) is 0.707. The molecule has 0 nitrogen and oxygen atoms in total. The fourth-order valence-corrected chi connectivity index (χ4v) is 1.68. The summed E-state index contributed by atoms with van der Waals surface area (Å²) in [6.45, 7) is 4.08. The van der Waals surface area contributed by atoms with E-state index in [1.807, 2.05) is 6.92 Å². The Bertz CT molecular complexity index is 83.7. The van der Waals surface area contributed by atoms with Crippen LogP contribution in [0.25, 0.3) is 0 Å². The minimum absolute atomic E-state index is 1.03. The molecule has 0 aliphatic carbocycles.